The summed E-state index contributed by atoms with van der Waals surface area (Å²) in [4.78, 5) is 23.0. The van der Waals surface area contributed by atoms with Crippen LogP contribution in [0.1, 0.15) is 26.3 Å². The quantitative estimate of drug-likeness (QED) is 0.551. The molecule has 32 heavy (non-hydrogen) atoms. The molecule has 4 rings (SSSR count). The van der Waals surface area contributed by atoms with Gasteiger partial charge < -0.3 is 9.88 Å². The minimum absolute atomic E-state index is 0.0553. The molecule has 1 saturated heterocycles. The minimum atomic E-state index is -3.72. The van der Waals surface area contributed by atoms with E-state index in [1.54, 1.807) is 29.2 Å². The first-order chi connectivity index (χ1) is 15.2. The highest BCUT2D eigenvalue weighted by Crippen LogP contribution is 2.33. The summed E-state index contributed by atoms with van der Waals surface area (Å²) in [6, 6.07) is 14.4. The maximum absolute atomic E-state index is 13.4. The number of hydrogen-bond acceptors (Lipinski definition) is 5. The van der Waals surface area contributed by atoms with Crippen LogP contribution in [0.2, 0.25) is 0 Å². The maximum Gasteiger partial charge on any atom is 0.244 e. The Balaban J connectivity index is 1.54. The zero-order valence-electron chi connectivity index (χ0n) is 18.6. The lowest BCUT2D eigenvalue weighted by molar-refractivity contribution is -0.132. The van der Waals surface area contributed by atoms with E-state index < -0.39 is 16.2 Å². The van der Waals surface area contributed by atoms with E-state index >= 15 is 0 Å². The van der Waals surface area contributed by atoms with Gasteiger partial charge in [-0.3, -0.25) is 4.79 Å². The van der Waals surface area contributed by atoms with Gasteiger partial charge in [-0.1, -0.05) is 55.4 Å². The van der Waals surface area contributed by atoms with Gasteiger partial charge in [0.1, 0.15) is 6.17 Å². The number of fused-ring (bicyclic) bond motifs is 1. The number of nitrogens with one attached hydrogen (secondary N) is 1. The first-order valence-electron chi connectivity index (χ1n) is 10.7. The van der Waals surface area contributed by atoms with E-state index in [0.29, 0.717) is 5.16 Å². The van der Waals surface area contributed by atoms with Crippen molar-refractivity contribution in [1.82, 2.24) is 19.2 Å². The second-order valence-corrected chi connectivity index (χ2v) is 11.4. The highest BCUT2D eigenvalue weighted by Gasteiger charge is 2.47. The highest BCUT2D eigenvalue weighted by atomic mass is 32.2. The summed E-state index contributed by atoms with van der Waals surface area (Å²) in [5, 5.41) is 0.677. The van der Waals surface area contributed by atoms with Crippen molar-refractivity contribution in [2.24, 2.45) is 5.92 Å². The molecule has 1 aliphatic heterocycles. The van der Waals surface area contributed by atoms with Crippen LogP contribution in [0.4, 0.5) is 0 Å². The Morgan fingerprint density at radius 3 is 2.53 bits per heavy atom. The number of nitrogens with zero attached hydrogens (tertiary/aromatic N) is 3. The summed E-state index contributed by atoms with van der Waals surface area (Å²) < 4.78 is 28.3. The maximum atomic E-state index is 13.4. The molecular weight excluding hydrogens is 444 g/mol. The molecule has 1 aromatic heterocycles. The third-order valence-corrected chi connectivity index (χ3v) is 8.42. The number of H-pyrrole nitrogens is 1. The van der Waals surface area contributed by atoms with Crippen LogP contribution in [0.25, 0.3) is 11.0 Å². The molecule has 1 N–H and O–H groups in total. The van der Waals surface area contributed by atoms with Crippen molar-refractivity contribution in [3.8, 4) is 0 Å². The second kappa shape index (κ2) is 8.88. The predicted molar refractivity (Wildman–Crippen MR) is 127 cm³/mol. The smallest absolute Gasteiger partial charge is 0.244 e. The van der Waals surface area contributed by atoms with Crippen molar-refractivity contribution in [2.75, 3.05) is 12.3 Å². The van der Waals surface area contributed by atoms with Crippen LogP contribution < -0.4 is 0 Å². The standard InChI is InChI=1S/C23H28N4O3S2/c1-15(2)22-26(32(29,30)18-11-9-16(3)10-12-18)13-17(4)27(22)21(28)14-31-23-24-19-7-5-6-8-20(19)25-23/h5-12,15,17,22H,13-14H2,1-4H3,(H,24,25)/t17-,22-/m1/s1. The normalized spacial score (nSPS) is 19.8. The van der Waals surface area contributed by atoms with Crippen LogP contribution in [0, 0.1) is 12.8 Å². The fourth-order valence-electron chi connectivity index (χ4n) is 4.19. The molecule has 2 heterocycles. The van der Waals surface area contributed by atoms with Gasteiger partial charge in [-0.05, 0) is 44.0 Å². The number of thioether (sulfide) groups is 1. The van der Waals surface area contributed by atoms with E-state index in [4.69, 9.17) is 0 Å². The Kier molecular flexibility index (Phi) is 6.33. The Hall–Kier alpha value is -2.36. The van der Waals surface area contributed by atoms with Crippen molar-refractivity contribution in [3.63, 3.8) is 0 Å². The average molecular weight is 473 g/mol. The summed E-state index contributed by atoms with van der Waals surface area (Å²) in [6.45, 7) is 8.01. The molecule has 0 spiro atoms. The van der Waals surface area contributed by atoms with Gasteiger partial charge in [0.2, 0.25) is 15.9 Å². The number of aromatic nitrogens is 2. The van der Waals surface area contributed by atoms with Crippen molar-refractivity contribution in [1.29, 1.82) is 0 Å². The first kappa shape index (κ1) is 22.8. The number of imidazole rings is 1. The van der Waals surface area contributed by atoms with Gasteiger partial charge in [-0.25, -0.2) is 13.4 Å². The van der Waals surface area contributed by atoms with Crippen LogP contribution in [-0.2, 0) is 14.8 Å². The van der Waals surface area contributed by atoms with E-state index in [9.17, 15) is 13.2 Å². The number of amides is 1. The molecule has 0 saturated carbocycles. The molecule has 1 aliphatic rings. The summed E-state index contributed by atoms with van der Waals surface area (Å²) in [7, 11) is -3.72. The third kappa shape index (κ3) is 4.29. The average Bonchev–Trinajstić information content (AvgIpc) is 3.33. The number of benzene rings is 2. The van der Waals surface area contributed by atoms with Crippen LogP contribution >= 0.6 is 11.8 Å². The van der Waals surface area contributed by atoms with Gasteiger partial charge in [0.25, 0.3) is 0 Å². The van der Waals surface area contributed by atoms with Gasteiger partial charge >= 0.3 is 0 Å². The number of aryl methyl sites for hydroxylation is 1. The van der Waals surface area contributed by atoms with E-state index in [0.717, 1.165) is 16.6 Å². The number of para-hydroxylation sites is 2. The van der Waals surface area contributed by atoms with Gasteiger partial charge in [0.05, 0.1) is 21.7 Å². The van der Waals surface area contributed by atoms with Gasteiger partial charge in [-0.2, -0.15) is 4.31 Å². The zero-order chi connectivity index (χ0) is 23.0. The Bertz CT molecular complexity index is 1190. The third-order valence-electron chi connectivity index (χ3n) is 5.71. The van der Waals surface area contributed by atoms with Crippen LogP contribution in [0.15, 0.2) is 58.6 Å². The number of carbonyl (C=O) groups excluding carboxylic acids is 1. The van der Waals surface area contributed by atoms with Crippen molar-refractivity contribution in [3.05, 3.63) is 54.1 Å². The lowest BCUT2D eigenvalue weighted by Gasteiger charge is -2.33. The lowest BCUT2D eigenvalue weighted by atomic mass is 10.1. The molecule has 9 heteroatoms. The number of aromatic amines is 1. The van der Waals surface area contributed by atoms with E-state index in [1.165, 1.54) is 16.1 Å². The van der Waals surface area contributed by atoms with Gasteiger partial charge in [-0.15, -0.1) is 0 Å². The lowest BCUT2D eigenvalue weighted by Crippen LogP contribution is -2.49. The molecule has 2 aromatic carbocycles. The SMILES string of the molecule is Cc1ccc(S(=O)(=O)N2C[C@@H](C)N(C(=O)CSc3nc4ccccc4[nH]3)[C@@H]2C(C)C)cc1. The summed E-state index contributed by atoms with van der Waals surface area (Å²) in [6.07, 6.45) is -0.528. The van der Waals surface area contributed by atoms with Gasteiger partial charge in [0, 0.05) is 12.6 Å². The molecule has 0 radical (unpaired) electrons. The number of hydrogen-bond donors (Lipinski definition) is 1. The molecule has 7 nitrogen and oxygen atoms in total. The minimum Gasteiger partial charge on any atom is -0.333 e. The molecule has 0 bridgehead atoms. The number of sulfonamides is 1. The highest BCUT2D eigenvalue weighted by molar-refractivity contribution is 7.99. The molecule has 0 aliphatic carbocycles. The molecular formula is C23H28N4O3S2. The summed E-state index contributed by atoms with van der Waals surface area (Å²) in [5.41, 5.74) is 2.78. The van der Waals surface area contributed by atoms with E-state index in [-0.39, 0.29) is 35.1 Å². The van der Waals surface area contributed by atoms with E-state index in [1.807, 2.05) is 52.0 Å². The Morgan fingerprint density at radius 2 is 1.88 bits per heavy atom. The fraction of sp³-hybridized carbons (Fsp3) is 0.391. The van der Waals surface area contributed by atoms with Crippen molar-refractivity contribution < 1.29 is 13.2 Å². The molecule has 2 atom stereocenters. The number of carbonyl (C=O) groups is 1. The van der Waals surface area contributed by atoms with Crippen molar-refractivity contribution >= 4 is 38.7 Å². The summed E-state index contributed by atoms with van der Waals surface area (Å²) in [5.74, 6) is 0.0369. The molecule has 170 valence electrons. The monoisotopic (exact) mass is 472 g/mol. The molecule has 1 amide bonds. The first-order valence-corrected chi connectivity index (χ1v) is 13.1. The largest absolute Gasteiger partial charge is 0.333 e. The second-order valence-electron chi connectivity index (χ2n) is 8.54. The molecule has 0 unspecified atom stereocenters. The van der Waals surface area contributed by atoms with Crippen LogP contribution in [0.3, 0.4) is 0 Å². The van der Waals surface area contributed by atoms with E-state index in [2.05, 4.69) is 9.97 Å². The zero-order valence-corrected chi connectivity index (χ0v) is 20.3. The Labute approximate surface area is 193 Å². The Morgan fingerprint density at radius 1 is 1.19 bits per heavy atom. The van der Waals surface area contributed by atoms with Crippen molar-refractivity contribution in [2.45, 2.75) is 50.0 Å². The predicted octanol–water partition coefficient (Wildman–Crippen LogP) is 3.87. The number of rotatable bonds is 6. The summed E-state index contributed by atoms with van der Waals surface area (Å²) >= 11 is 1.34. The molecule has 3 aromatic rings. The van der Waals surface area contributed by atoms with Crippen LogP contribution in [0.5, 0.6) is 0 Å². The molecule has 1 fully saturated rings. The topological polar surface area (TPSA) is 86.4 Å². The van der Waals surface area contributed by atoms with Crippen LogP contribution in [-0.4, -0.2) is 58.0 Å². The fourth-order valence-corrected chi connectivity index (χ4v) is 6.74. The van der Waals surface area contributed by atoms with Gasteiger partial charge in [0.15, 0.2) is 5.16 Å².